The number of benzene rings is 4. The minimum absolute atomic E-state index is 0.0303. The van der Waals surface area contributed by atoms with Crippen molar-refractivity contribution in [2.75, 3.05) is 12.4 Å². The summed E-state index contributed by atoms with van der Waals surface area (Å²) >= 11 is 1.48. The smallest absolute Gasteiger partial charge is 0.407 e. The van der Waals surface area contributed by atoms with Crippen molar-refractivity contribution < 1.29 is 29.2 Å². The fraction of sp³-hybridized carbons (Fsp3) is 0.222. The van der Waals surface area contributed by atoms with Crippen molar-refractivity contribution in [2.24, 2.45) is 0 Å². The number of amides is 1. The third kappa shape index (κ3) is 8.09. The Morgan fingerprint density at radius 2 is 1.75 bits per heavy atom. The lowest BCUT2D eigenvalue weighted by atomic mass is 9.98. The first-order valence-electron chi connectivity index (χ1n) is 15.4. The lowest BCUT2D eigenvalue weighted by molar-refractivity contribution is -0.245. The van der Waals surface area contributed by atoms with Crippen LogP contribution in [0, 0.1) is 0 Å². The van der Waals surface area contributed by atoms with Crippen molar-refractivity contribution in [3.63, 3.8) is 0 Å². The van der Waals surface area contributed by atoms with Gasteiger partial charge in [0.25, 0.3) is 0 Å². The molecule has 0 bridgehead atoms. The number of aliphatic hydroxyl groups is 1. The SMILES string of the molecule is C=CCOC(=O)NCc1ccccc1-c1ccc([C@@H]2O[C@H](CSc3nnnn3-c3ccc(O)cc3)C[C@H](c3ccc(CO)cc3)O2)cc1. The molecule has 3 N–H and O–H groups in total. The lowest BCUT2D eigenvalue weighted by Crippen LogP contribution is -2.31. The third-order valence-electron chi connectivity index (χ3n) is 7.82. The molecule has 0 aliphatic carbocycles. The number of alkyl carbamates (subject to hydrolysis) is 1. The standard InChI is InChI=1S/C36H35N5O6S/c1-2-19-45-36(44)37-21-28-5-3-4-6-32(28)25-11-13-27(14-12-25)34-46-31(20-33(47-34)26-9-7-24(22-42)8-10-26)23-48-35-38-39-40-41(35)29-15-17-30(43)18-16-29/h2-18,31,33-34,42-43H,1,19-23H2,(H,37,44)/t31-,33+,34+/m0/s1. The van der Waals surface area contributed by atoms with Gasteiger partial charge in [0.05, 0.1) is 24.5 Å². The number of nitrogens with zero attached hydrogens (tertiary/aromatic N) is 4. The molecule has 0 saturated carbocycles. The molecule has 1 aliphatic heterocycles. The molecule has 48 heavy (non-hydrogen) atoms. The monoisotopic (exact) mass is 665 g/mol. The number of hydrogen-bond donors (Lipinski definition) is 3. The normalized spacial score (nSPS) is 17.5. The number of carbonyl (C=O) groups excluding carboxylic acids is 1. The summed E-state index contributed by atoms with van der Waals surface area (Å²) in [4.78, 5) is 12.0. The van der Waals surface area contributed by atoms with Gasteiger partial charge >= 0.3 is 6.09 Å². The van der Waals surface area contributed by atoms with Gasteiger partial charge in [-0.25, -0.2) is 4.79 Å². The summed E-state index contributed by atoms with van der Waals surface area (Å²) in [5, 5.41) is 34.8. The number of rotatable bonds is 12. The number of phenols is 1. The molecule has 2 heterocycles. The summed E-state index contributed by atoms with van der Waals surface area (Å²) in [7, 11) is 0. The van der Waals surface area contributed by atoms with Crippen LogP contribution in [0.5, 0.6) is 5.75 Å². The fourth-order valence-electron chi connectivity index (χ4n) is 5.34. The molecule has 12 heteroatoms. The minimum atomic E-state index is -0.634. The van der Waals surface area contributed by atoms with E-state index in [2.05, 4.69) is 27.4 Å². The second-order valence-electron chi connectivity index (χ2n) is 11.1. The predicted molar refractivity (Wildman–Crippen MR) is 180 cm³/mol. The van der Waals surface area contributed by atoms with E-state index in [1.807, 2.05) is 72.8 Å². The zero-order valence-electron chi connectivity index (χ0n) is 26.0. The third-order valence-corrected chi connectivity index (χ3v) is 8.87. The second kappa shape index (κ2) is 15.7. The van der Waals surface area contributed by atoms with Gasteiger partial charge < -0.3 is 29.7 Å². The number of ether oxygens (including phenoxy) is 3. The van der Waals surface area contributed by atoms with Crippen LogP contribution in [0.25, 0.3) is 16.8 Å². The summed E-state index contributed by atoms with van der Waals surface area (Å²) < 4.78 is 19.7. The van der Waals surface area contributed by atoms with Gasteiger partial charge in [-0.2, -0.15) is 4.68 Å². The molecule has 4 aromatic carbocycles. The van der Waals surface area contributed by atoms with Crippen LogP contribution in [0.3, 0.4) is 0 Å². The average Bonchev–Trinajstić information content (AvgIpc) is 3.61. The molecule has 1 aromatic heterocycles. The Morgan fingerprint density at radius 1 is 1.00 bits per heavy atom. The quantitative estimate of drug-likeness (QED) is 0.103. The highest BCUT2D eigenvalue weighted by atomic mass is 32.2. The fourth-order valence-corrected chi connectivity index (χ4v) is 6.25. The van der Waals surface area contributed by atoms with Gasteiger partial charge in [-0.15, -0.1) is 5.10 Å². The van der Waals surface area contributed by atoms with Gasteiger partial charge in [0.15, 0.2) is 6.29 Å². The Morgan fingerprint density at radius 3 is 2.50 bits per heavy atom. The molecule has 1 aliphatic rings. The van der Waals surface area contributed by atoms with Crippen LogP contribution < -0.4 is 5.32 Å². The first kappa shape index (κ1) is 32.9. The van der Waals surface area contributed by atoms with Crippen LogP contribution >= 0.6 is 11.8 Å². The number of aromatic nitrogens is 4. The molecule has 0 spiro atoms. The highest BCUT2D eigenvalue weighted by molar-refractivity contribution is 7.99. The maximum atomic E-state index is 12.0. The van der Waals surface area contributed by atoms with Crippen LogP contribution in [0.1, 0.15) is 41.1 Å². The number of aliphatic hydroxyl groups excluding tert-OH is 1. The van der Waals surface area contributed by atoms with E-state index in [1.54, 1.807) is 28.9 Å². The zero-order valence-corrected chi connectivity index (χ0v) is 26.8. The molecule has 0 radical (unpaired) electrons. The maximum Gasteiger partial charge on any atom is 0.407 e. The lowest BCUT2D eigenvalue weighted by Gasteiger charge is -2.36. The van der Waals surface area contributed by atoms with Crippen LogP contribution in [0.4, 0.5) is 4.79 Å². The van der Waals surface area contributed by atoms with Gasteiger partial charge in [0, 0.05) is 24.3 Å². The van der Waals surface area contributed by atoms with E-state index < -0.39 is 12.4 Å². The van der Waals surface area contributed by atoms with E-state index in [-0.39, 0.29) is 31.2 Å². The Bertz CT molecular complexity index is 1810. The van der Waals surface area contributed by atoms with Crippen molar-refractivity contribution in [1.82, 2.24) is 25.5 Å². The molecule has 246 valence electrons. The van der Waals surface area contributed by atoms with Gasteiger partial charge in [0.2, 0.25) is 5.16 Å². The zero-order chi connectivity index (χ0) is 33.3. The van der Waals surface area contributed by atoms with Crippen molar-refractivity contribution in [3.8, 4) is 22.6 Å². The van der Waals surface area contributed by atoms with Crippen LogP contribution in [0.2, 0.25) is 0 Å². The van der Waals surface area contributed by atoms with Crippen molar-refractivity contribution >= 4 is 17.9 Å². The van der Waals surface area contributed by atoms with Gasteiger partial charge in [-0.05, 0) is 62.5 Å². The largest absolute Gasteiger partial charge is 0.508 e. The molecule has 3 atom stereocenters. The second-order valence-corrected chi connectivity index (χ2v) is 12.1. The van der Waals surface area contributed by atoms with E-state index in [0.717, 1.165) is 39.1 Å². The van der Waals surface area contributed by atoms with E-state index >= 15 is 0 Å². The number of tetrazole rings is 1. The van der Waals surface area contributed by atoms with E-state index in [0.29, 0.717) is 23.9 Å². The Kier molecular flexibility index (Phi) is 10.8. The predicted octanol–water partition coefficient (Wildman–Crippen LogP) is 6.28. The Labute approximate surface area is 282 Å². The maximum absolute atomic E-state index is 12.0. The summed E-state index contributed by atoms with van der Waals surface area (Å²) in [5.41, 5.74) is 6.34. The first-order valence-corrected chi connectivity index (χ1v) is 16.4. The highest BCUT2D eigenvalue weighted by Gasteiger charge is 2.32. The van der Waals surface area contributed by atoms with Crippen LogP contribution in [-0.4, -0.2) is 55.0 Å². The number of aromatic hydroxyl groups is 1. The number of thioether (sulfide) groups is 1. The topological polar surface area (TPSA) is 141 Å². The Hall–Kier alpha value is -5.01. The molecule has 0 unspecified atom stereocenters. The first-order chi connectivity index (χ1) is 23.5. The summed E-state index contributed by atoms with van der Waals surface area (Å²) in [6.07, 6.45) is 0.545. The summed E-state index contributed by atoms with van der Waals surface area (Å²) in [6.45, 7) is 3.99. The average molecular weight is 666 g/mol. The summed E-state index contributed by atoms with van der Waals surface area (Å²) in [6, 6.07) is 30.4. The molecule has 1 fully saturated rings. The van der Waals surface area contributed by atoms with Crippen molar-refractivity contribution in [2.45, 2.75) is 43.2 Å². The van der Waals surface area contributed by atoms with Gasteiger partial charge in [-0.1, -0.05) is 97.2 Å². The molecule has 6 rings (SSSR count). The Balaban J connectivity index is 1.19. The molecule has 11 nitrogen and oxygen atoms in total. The minimum Gasteiger partial charge on any atom is -0.508 e. The van der Waals surface area contributed by atoms with Crippen LogP contribution in [-0.2, 0) is 27.4 Å². The number of hydrogen-bond acceptors (Lipinski definition) is 10. The van der Waals surface area contributed by atoms with E-state index in [9.17, 15) is 15.0 Å². The molecule has 1 saturated heterocycles. The summed E-state index contributed by atoms with van der Waals surface area (Å²) in [5.74, 6) is 0.730. The number of carbonyl (C=O) groups is 1. The van der Waals surface area contributed by atoms with E-state index in [4.69, 9.17) is 14.2 Å². The number of phenolic OH excluding ortho intramolecular Hbond substituents is 1. The molecular formula is C36H35N5O6S. The number of nitrogens with one attached hydrogen (secondary N) is 1. The molecular weight excluding hydrogens is 630 g/mol. The van der Waals surface area contributed by atoms with E-state index in [1.165, 1.54) is 17.8 Å². The van der Waals surface area contributed by atoms with Crippen molar-refractivity contribution in [1.29, 1.82) is 0 Å². The van der Waals surface area contributed by atoms with Crippen molar-refractivity contribution in [3.05, 3.63) is 132 Å². The molecule has 5 aromatic rings. The van der Waals surface area contributed by atoms with Crippen LogP contribution in [0.15, 0.2) is 115 Å². The van der Waals surface area contributed by atoms with Gasteiger partial charge in [0.1, 0.15) is 12.4 Å². The highest BCUT2D eigenvalue weighted by Crippen LogP contribution is 2.40. The van der Waals surface area contributed by atoms with Gasteiger partial charge in [-0.3, -0.25) is 0 Å². The molecule has 1 amide bonds.